The summed E-state index contributed by atoms with van der Waals surface area (Å²) in [6, 6.07) is 15.7. The van der Waals surface area contributed by atoms with Crippen molar-refractivity contribution in [3.8, 4) is 11.4 Å². The molecule has 4 rings (SSSR count). The molecule has 1 aliphatic rings. The zero-order valence-corrected chi connectivity index (χ0v) is 17.3. The number of rotatable bonds is 6. The molecule has 0 aliphatic carbocycles. The maximum absolute atomic E-state index is 13.2. The lowest BCUT2D eigenvalue weighted by atomic mass is 10.0. The van der Waals surface area contributed by atoms with Crippen LogP contribution in [-0.2, 0) is 11.2 Å². The Labute approximate surface area is 174 Å². The largest absolute Gasteiger partial charge is 0.492 e. The molecule has 7 nitrogen and oxygen atoms in total. The monoisotopic (exact) mass is 409 g/mol. The van der Waals surface area contributed by atoms with Gasteiger partial charge in [0, 0.05) is 12.2 Å². The van der Waals surface area contributed by atoms with E-state index in [0.717, 1.165) is 30.8 Å². The fourth-order valence-electron chi connectivity index (χ4n) is 3.50. The Morgan fingerprint density at radius 2 is 1.93 bits per heavy atom. The summed E-state index contributed by atoms with van der Waals surface area (Å²) in [6.07, 6.45) is 1.98. The number of benzene rings is 2. The second-order valence-corrected chi connectivity index (χ2v) is 8.06. The standard InChI is InChI=1S/C21H23N5O2S/c1-3-28-19-13-7-6-12-18(19)26-21(22-23-24-26)29-15(2)20(27)25-14-8-10-16-9-4-5-11-17(16)25/h4-7,9,11-13,15H,3,8,10,14H2,1-2H3. The second kappa shape index (κ2) is 8.65. The number of amides is 1. The summed E-state index contributed by atoms with van der Waals surface area (Å²) in [4.78, 5) is 15.1. The van der Waals surface area contributed by atoms with Gasteiger partial charge in [-0.2, -0.15) is 4.68 Å². The van der Waals surface area contributed by atoms with Gasteiger partial charge in [0.25, 0.3) is 0 Å². The third-order valence-corrected chi connectivity index (χ3v) is 5.86. The van der Waals surface area contributed by atoms with Crippen molar-refractivity contribution in [2.75, 3.05) is 18.1 Å². The molecule has 29 heavy (non-hydrogen) atoms. The van der Waals surface area contributed by atoms with E-state index in [1.807, 2.05) is 61.2 Å². The Hall–Kier alpha value is -2.87. The van der Waals surface area contributed by atoms with Gasteiger partial charge in [-0.1, -0.05) is 42.1 Å². The van der Waals surface area contributed by atoms with Gasteiger partial charge in [-0.05, 0) is 60.9 Å². The molecule has 8 heteroatoms. The predicted molar refractivity (Wildman–Crippen MR) is 113 cm³/mol. The van der Waals surface area contributed by atoms with Gasteiger partial charge >= 0.3 is 0 Å². The number of hydrogen-bond donors (Lipinski definition) is 0. The van der Waals surface area contributed by atoms with Crippen molar-refractivity contribution < 1.29 is 9.53 Å². The first-order chi connectivity index (χ1) is 14.2. The van der Waals surface area contributed by atoms with Crippen molar-refractivity contribution in [3.63, 3.8) is 0 Å². The van der Waals surface area contributed by atoms with Crippen LogP contribution in [-0.4, -0.2) is 44.5 Å². The normalized spacial score (nSPS) is 14.3. The first-order valence-corrected chi connectivity index (χ1v) is 10.6. The summed E-state index contributed by atoms with van der Waals surface area (Å²) >= 11 is 1.35. The van der Waals surface area contributed by atoms with Crippen molar-refractivity contribution in [1.29, 1.82) is 0 Å². The minimum Gasteiger partial charge on any atom is -0.492 e. The van der Waals surface area contributed by atoms with E-state index in [0.29, 0.717) is 17.5 Å². The summed E-state index contributed by atoms with van der Waals surface area (Å²) in [7, 11) is 0. The molecule has 0 N–H and O–H groups in total. The van der Waals surface area contributed by atoms with E-state index in [2.05, 4.69) is 21.6 Å². The SMILES string of the molecule is CCOc1ccccc1-n1nnnc1SC(C)C(=O)N1CCCc2ccccc21. The zero-order valence-electron chi connectivity index (χ0n) is 16.5. The van der Waals surface area contributed by atoms with Crippen LogP contribution in [0.25, 0.3) is 5.69 Å². The minimum absolute atomic E-state index is 0.0646. The number of para-hydroxylation sites is 3. The highest BCUT2D eigenvalue weighted by molar-refractivity contribution is 8.00. The number of nitrogens with zero attached hydrogens (tertiary/aromatic N) is 5. The van der Waals surface area contributed by atoms with Crippen LogP contribution in [0.5, 0.6) is 5.75 Å². The van der Waals surface area contributed by atoms with Crippen LogP contribution in [0.15, 0.2) is 53.7 Å². The van der Waals surface area contributed by atoms with Crippen LogP contribution in [0.1, 0.15) is 25.8 Å². The number of hydrogen-bond acceptors (Lipinski definition) is 6. The quantitative estimate of drug-likeness (QED) is 0.580. The molecule has 1 atom stereocenters. The van der Waals surface area contributed by atoms with Crippen molar-refractivity contribution >= 4 is 23.4 Å². The number of fused-ring (bicyclic) bond motifs is 1. The Morgan fingerprint density at radius 3 is 2.76 bits per heavy atom. The van der Waals surface area contributed by atoms with Crippen LogP contribution < -0.4 is 9.64 Å². The van der Waals surface area contributed by atoms with Crippen LogP contribution in [0, 0.1) is 0 Å². The number of aromatic nitrogens is 4. The first-order valence-electron chi connectivity index (χ1n) is 9.75. The van der Waals surface area contributed by atoms with Crippen LogP contribution in [0.2, 0.25) is 0 Å². The third kappa shape index (κ3) is 3.98. The number of carbonyl (C=O) groups excluding carboxylic acids is 1. The van der Waals surface area contributed by atoms with Crippen LogP contribution in [0.4, 0.5) is 5.69 Å². The molecule has 1 aliphatic heterocycles. The maximum atomic E-state index is 13.2. The van der Waals surface area contributed by atoms with E-state index < -0.39 is 0 Å². The maximum Gasteiger partial charge on any atom is 0.240 e. The summed E-state index contributed by atoms with van der Waals surface area (Å²) in [5.74, 6) is 0.767. The highest BCUT2D eigenvalue weighted by atomic mass is 32.2. The lowest BCUT2D eigenvalue weighted by Crippen LogP contribution is -2.40. The van der Waals surface area contributed by atoms with Crippen molar-refractivity contribution in [2.45, 2.75) is 37.1 Å². The van der Waals surface area contributed by atoms with E-state index in [-0.39, 0.29) is 11.2 Å². The Balaban J connectivity index is 1.56. The van der Waals surface area contributed by atoms with Gasteiger partial charge in [0.15, 0.2) is 0 Å². The number of anilines is 1. The average Bonchev–Trinajstić information content (AvgIpc) is 3.21. The van der Waals surface area contributed by atoms with E-state index in [9.17, 15) is 4.79 Å². The average molecular weight is 410 g/mol. The molecular formula is C21H23N5O2S. The molecule has 0 radical (unpaired) electrons. The molecule has 0 saturated heterocycles. The van der Waals surface area contributed by atoms with Gasteiger partial charge in [-0.15, -0.1) is 5.10 Å². The molecular weight excluding hydrogens is 386 g/mol. The Kier molecular flexibility index (Phi) is 5.80. The number of thioether (sulfide) groups is 1. The molecule has 1 unspecified atom stereocenters. The molecule has 0 bridgehead atoms. The number of ether oxygens (including phenoxy) is 1. The van der Waals surface area contributed by atoms with Crippen molar-refractivity contribution in [1.82, 2.24) is 20.2 Å². The minimum atomic E-state index is -0.329. The lowest BCUT2D eigenvalue weighted by molar-refractivity contribution is -0.117. The van der Waals surface area contributed by atoms with Gasteiger partial charge in [-0.25, -0.2) is 0 Å². The van der Waals surface area contributed by atoms with Gasteiger partial charge in [0.1, 0.15) is 11.4 Å². The van der Waals surface area contributed by atoms with Crippen LogP contribution in [0.3, 0.4) is 0 Å². The smallest absolute Gasteiger partial charge is 0.240 e. The van der Waals surface area contributed by atoms with Gasteiger partial charge in [-0.3, -0.25) is 4.79 Å². The topological polar surface area (TPSA) is 73.1 Å². The fourth-order valence-corrected chi connectivity index (χ4v) is 4.37. The molecule has 2 aromatic carbocycles. The van der Waals surface area contributed by atoms with Crippen molar-refractivity contribution in [2.24, 2.45) is 0 Å². The Morgan fingerprint density at radius 1 is 1.17 bits per heavy atom. The molecule has 1 aromatic heterocycles. The second-order valence-electron chi connectivity index (χ2n) is 6.76. The molecule has 150 valence electrons. The van der Waals surface area contributed by atoms with E-state index in [4.69, 9.17) is 4.74 Å². The van der Waals surface area contributed by atoms with E-state index in [1.165, 1.54) is 17.3 Å². The van der Waals surface area contributed by atoms with Crippen molar-refractivity contribution in [3.05, 3.63) is 54.1 Å². The number of aryl methyl sites for hydroxylation is 1. The summed E-state index contributed by atoms with van der Waals surface area (Å²) < 4.78 is 7.33. The fraction of sp³-hybridized carbons (Fsp3) is 0.333. The van der Waals surface area contributed by atoms with E-state index >= 15 is 0 Å². The van der Waals surface area contributed by atoms with E-state index in [1.54, 1.807) is 4.68 Å². The number of tetrazole rings is 1. The Bertz CT molecular complexity index is 1010. The molecule has 3 aromatic rings. The first kappa shape index (κ1) is 19.4. The molecule has 2 heterocycles. The summed E-state index contributed by atoms with van der Waals surface area (Å²) in [6.45, 7) is 5.12. The molecule has 0 fully saturated rings. The third-order valence-electron chi connectivity index (χ3n) is 4.84. The highest BCUT2D eigenvalue weighted by Gasteiger charge is 2.28. The highest BCUT2D eigenvalue weighted by Crippen LogP contribution is 2.32. The van der Waals surface area contributed by atoms with Gasteiger partial charge < -0.3 is 9.64 Å². The van der Waals surface area contributed by atoms with Gasteiger partial charge in [0.2, 0.25) is 11.1 Å². The summed E-state index contributed by atoms with van der Waals surface area (Å²) in [5.41, 5.74) is 2.99. The molecule has 0 saturated carbocycles. The molecule has 0 spiro atoms. The lowest BCUT2D eigenvalue weighted by Gasteiger charge is -2.31. The molecule has 1 amide bonds. The number of carbonyl (C=O) groups is 1. The van der Waals surface area contributed by atoms with Crippen LogP contribution >= 0.6 is 11.8 Å². The van der Waals surface area contributed by atoms with Gasteiger partial charge in [0.05, 0.1) is 11.9 Å². The predicted octanol–water partition coefficient (Wildman–Crippen LogP) is 3.52. The summed E-state index contributed by atoms with van der Waals surface area (Å²) in [5, 5.41) is 12.3. The zero-order chi connectivity index (χ0) is 20.2.